The highest BCUT2D eigenvalue weighted by Gasteiger charge is 2.20. The largest absolute Gasteiger partial charge is 0.345 e. The predicted octanol–water partition coefficient (Wildman–Crippen LogP) is 3.90. The van der Waals surface area contributed by atoms with Crippen LogP contribution in [0.2, 0.25) is 5.02 Å². The first-order valence-electron chi connectivity index (χ1n) is 8.96. The molecule has 0 saturated heterocycles. The van der Waals surface area contributed by atoms with Crippen molar-refractivity contribution >= 4 is 33.7 Å². The zero-order valence-electron chi connectivity index (χ0n) is 15.6. The summed E-state index contributed by atoms with van der Waals surface area (Å²) >= 11 is 6.54. The van der Waals surface area contributed by atoms with Crippen LogP contribution in [0.15, 0.2) is 53.7 Å². The molecule has 0 fully saturated rings. The molecule has 4 heterocycles. The Kier molecular flexibility index (Phi) is 3.92. The summed E-state index contributed by atoms with van der Waals surface area (Å²) in [6.07, 6.45) is 5.11. The van der Waals surface area contributed by atoms with Gasteiger partial charge in [-0.15, -0.1) is 0 Å². The van der Waals surface area contributed by atoms with Gasteiger partial charge in [-0.05, 0) is 30.7 Å². The quantitative estimate of drug-likeness (QED) is 0.483. The predicted molar refractivity (Wildman–Crippen MR) is 113 cm³/mol. The number of hydrogen-bond donors (Lipinski definition) is 1. The first kappa shape index (κ1) is 17.5. The van der Waals surface area contributed by atoms with Crippen molar-refractivity contribution in [2.45, 2.75) is 6.92 Å². The summed E-state index contributed by atoms with van der Waals surface area (Å²) in [5.74, 6) is 0. The Morgan fingerprint density at radius 1 is 1.10 bits per heavy atom. The summed E-state index contributed by atoms with van der Waals surface area (Å²) < 4.78 is 1.70. The monoisotopic (exact) mass is 402 g/mol. The van der Waals surface area contributed by atoms with Crippen LogP contribution in [0.5, 0.6) is 0 Å². The van der Waals surface area contributed by atoms with Crippen LogP contribution in [0.4, 0.5) is 0 Å². The number of rotatable bonds is 2. The molecule has 0 atom stereocenters. The second-order valence-electron chi connectivity index (χ2n) is 6.77. The van der Waals surface area contributed by atoms with Crippen LogP contribution in [0.3, 0.4) is 0 Å². The first-order chi connectivity index (χ1) is 14.0. The van der Waals surface area contributed by atoms with Crippen molar-refractivity contribution < 1.29 is 0 Å². The zero-order chi connectivity index (χ0) is 20.1. The molecule has 0 aliphatic heterocycles. The van der Waals surface area contributed by atoms with E-state index in [4.69, 9.17) is 21.6 Å². The third kappa shape index (κ3) is 2.78. The fraction of sp³-hybridized carbons (Fsp3) is 0.0952. The van der Waals surface area contributed by atoms with Gasteiger partial charge in [0.05, 0.1) is 16.2 Å². The van der Waals surface area contributed by atoms with Crippen molar-refractivity contribution in [3.8, 4) is 22.6 Å². The van der Waals surface area contributed by atoms with Crippen LogP contribution in [-0.4, -0.2) is 29.7 Å². The maximum atomic E-state index is 12.4. The number of halogens is 1. The molecule has 4 aromatic heterocycles. The van der Waals surface area contributed by atoms with Gasteiger partial charge in [0.2, 0.25) is 5.43 Å². The van der Waals surface area contributed by atoms with Gasteiger partial charge in [-0.2, -0.15) is 5.10 Å². The summed E-state index contributed by atoms with van der Waals surface area (Å²) in [6.45, 7) is 1.99. The van der Waals surface area contributed by atoms with Gasteiger partial charge in [-0.3, -0.25) is 14.5 Å². The number of pyridine rings is 2. The highest BCUT2D eigenvalue weighted by molar-refractivity contribution is 6.35. The maximum absolute atomic E-state index is 12.4. The SMILES string of the molecule is Cc1c(-c2nc3c(=O)cc[nH]c3nc2-c2ccn(C)n2)cc(Cl)c2ncccc12. The molecule has 0 bridgehead atoms. The third-order valence-corrected chi connectivity index (χ3v) is 5.20. The van der Waals surface area contributed by atoms with E-state index in [0.29, 0.717) is 27.8 Å². The van der Waals surface area contributed by atoms with E-state index in [0.717, 1.165) is 22.0 Å². The average Bonchev–Trinajstić information content (AvgIpc) is 3.16. The molecule has 5 rings (SSSR count). The Hall–Kier alpha value is -3.58. The van der Waals surface area contributed by atoms with E-state index in [2.05, 4.69) is 15.1 Å². The molecule has 0 spiro atoms. The average molecular weight is 403 g/mol. The number of fused-ring (bicyclic) bond motifs is 2. The van der Waals surface area contributed by atoms with E-state index >= 15 is 0 Å². The molecule has 0 saturated carbocycles. The molecular formula is C21H15ClN6O. The number of aromatic amines is 1. The summed E-state index contributed by atoms with van der Waals surface area (Å²) in [7, 11) is 1.84. The topological polar surface area (TPSA) is 89.4 Å². The number of aryl methyl sites for hydroxylation is 2. The minimum absolute atomic E-state index is 0.203. The Labute approximate surface area is 170 Å². The Morgan fingerprint density at radius 2 is 1.97 bits per heavy atom. The lowest BCUT2D eigenvalue weighted by Gasteiger charge is -2.13. The summed E-state index contributed by atoms with van der Waals surface area (Å²) in [6, 6.07) is 8.96. The normalized spacial score (nSPS) is 11.4. The number of nitrogens with zero attached hydrogens (tertiary/aromatic N) is 5. The fourth-order valence-corrected chi connectivity index (χ4v) is 3.74. The van der Waals surface area contributed by atoms with E-state index in [1.54, 1.807) is 17.1 Å². The molecule has 5 aromatic rings. The van der Waals surface area contributed by atoms with E-state index in [1.165, 1.54) is 6.07 Å². The van der Waals surface area contributed by atoms with Crippen LogP contribution >= 0.6 is 11.6 Å². The summed E-state index contributed by atoms with van der Waals surface area (Å²) in [4.78, 5) is 29.2. The minimum atomic E-state index is -0.203. The Balaban J connectivity index is 1.91. The lowest BCUT2D eigenvalue weighted by Crippen LogP contribution is -2.07. The summed E-state index contributed by atoms with van der Waals surface area (Å²) in [5.41, 5.74) is 4.72. The number of nitrogens with one attached hydrogen (secondary N) is 1. The Morgan fingerprint density at radius 3 is 2.76 bits per heavy atom. The molecule has 29 heavy (non-hydrogen) atoms. The molecule has 1 aromatic carbocycles. The van der Waals surface area contributed by atoms with Gasteiger partial charge >= 0.3 is 0 Å². The number of hydrogen-bond acceptors (Lipinski definition) is 5. The van der Waals surface area contributed by atoms with Gasteiger partial charge in [-0.1, -0.05) is 17.7 Å². The molecular weight excluding hydrogens is 388 g/mol. The third-order valence-electron chi connectivity index (χ3n) is 4.91. The van der Waals surface area contributed by atoms with Crippen molar-refractivity contribution in [3.63, 3.8) is 0 Å². The lowest BCUT2D eigenvalue weighted by atomic mass is 9.98. The fourth-order valence-electron chi connectivity index (χ4n) is 3.48. The van der Waals surface area contributed by atoms with Crippen LogP contribution in [0, 0.1) is 6.92 Å². The van der Waals surface area contributed by atoms with E-state index in [-0.39, 0.29) is 10.9 Å². The van der Waals surface area contributed by atoms with Gasteiger partial charge in [-0.25, -0.2) is 9.97 Å². The molecule has 8 heteroatoms. The van der Waals surface area contributed by atoms with E-state index < -0.39 is 0 Å². The van der Waals surface area contributed by atoms with Crippen molar-refractivity contribution in [1.29, 1.82) is 0 Å². The molecule has 0 radical (unpaired) electrons. The molecule has 142 valence electrons. The molecule has 1 N–H and O–H groups in total. The highest BCUT2D eigenvalue weighted by atomic mass is 35.5. The molecule has 0 aliphatic rings. The second kappa shape index (κ2) is 6.49. The van der Waals surface area contributed by atoms with Crippen molar-refractivity contribution in [2.24, 2.45) is 7.05 Å². The van der Waals surface area contributed by atoms with Crippen molar-refractivity contribution in [2.75, 3.05) is 0 Å². The van der Waals surface area contributed by atoms with E-state index in [9.17, 15) is 4.79 Å². The van der Waals surface area contributed by atoms with Crippen LogP contribution in [-0.2, 0) is 7.05 Å². The molecule has 0 unspecified atom stereocenters. The van der Waals surface area contributed by atoms with Gasteiger partial charge < -0.3 is 4.98 Å². The first-order valence-corrected chi connectivity index (χ1v) is 9.34. The maximum Gasteiger partial charge on any atom is 0.209 e. The van der Waals surface area contributed by atoms with Gasteiger partial charge in [0, 0.05) is 42.7 Å². The zero-order valence-corrected chi connectivity index (χ0v) is 16.4. The standard InChI is InChI=1S/C21H15ClN6O/c1-11-12-4-3-7-23-17(12)14(22)10-13(11)18-19(15-6-9-28(2)27-15)26-21-20(25-18)16(29)5-8-24-21/h3-10H,1-2H3,(H,24,26,29). The van der Waals surface area contributed by atoms with Crippen LogP contribution in [0.1, 0.15) is 5.56 Å². The van der Waals surface area contributed by atoms with Crippen molar-refractivity contribution in [3.05, 3.63) is 69.7 Å². The number of H-pyrrole nitrogens is 1. The van der Waals surface area contributed by atoms with E-state index in [1.807, 2.05) is 44.4 Å². The summed E-state index contributed by atoms with van der Waals surface area (Å²) in [5, 5.41) is 5.92. The highest BCUT2D eigenvalue weighted by Crippen LogP contribution is 2.37. The second-order valence-corrected chi connectivity index (χ2v) is 7.17. The van der Waals surface area contributed by atoms with Gasteiger partial charge in [0.1, 0.15) is 11.4 Å². The van der Waals surface area contributed by atoms with Gasteiger partial charge in [0.15, 0.2) is 11.2 Å². The van der Waals surface area contributed by atoms with Gasteiger partial charge in [0.25, 0.3) is 0 Å². The van der Waals surface area contributed by atoms with Crippen LogP contribution < -0.4 is 5.43 Å². The molecule has 0 aliphatic carbocycles. The minimum Gasteiger partial charge on any atom is -0.345 e. The number of benzene rings is 1. The lowest BCUT2D eigenvalue weighted by molar-refractivity contribution is 0.770. The van der Waals surface area contributed by atoms with Crippen LogP contribution in [0.25, 0.3) is 44.7 Å². The number of aromatic nitrogens is 6. The smallest absolute Gasteiger partial charge is 0.209 e. The Bertz CT molecular complexity index is 1470. The molecule has 0 amide bonds. The molecule has 7 nitrogen and oxygen atoms in total. The van der Waals surface area contributed by atoms with Crippen molar-refractivity contribution in [1.82, 2.24) is 29.7 Å².